The van der Waals surface area contributed by atoms with Crippen LogP contribution in [0.1, 0.15) is 32.5 Å². The van der Waals surface area contributed by atoms with Gasteiger partial charge in [0.1, 0.15) is 11.5 Å². The maximum Gasteiger partial charge on any atom is 0.262 e. The van der Waals surface area contributed by atoms with Crippen LogP contribution in [0.25, 0.3) is 11.5 Å². The van der Waals surface area contributed by atoms with Crippen LogP contribution in [0, 0.1) is 0 Å². The summed E-state index contributed by atoms with van der Waals surface area (Å²) in [5, 5.41) is 6.76. The molecule has 0 aliphatic heterocycles. The number of para-hydroxylation sites is 1. The smallest absolute Gasteiger partial charge is 0.262 e. The number of carbonyl (C=O) groups is 1. The summed E-state index contributed by atoms with van der Waals surface area (Å²) in [5.74, 6) is 2.14. The zero-order valence-electron chi connectivity index (χ0n) is 16.1. The van der Waals surface area contributed by atoms with Crippen molar-refractivity contribution in [2.75, 3.05) is 18.5 Å². The number of nitrogens with one attached hydrogen (secondary N) is 1. The van der Waals surface area contributed by atoms with Crippen LogP contribution < -0.4 is 14.8 Å². The number of amides is 1. The minimum Gasteiger partial charge on any atom is -0.494 e. The van der Waals surface area contributed by atoms with Gasteiger partial charge in [0.25, 0.3) is 11.8 Å². The Kier molecular flexibility index (Phi) is 6.26. The molecule has 7 nitrogen and oxygen atoms in total. The standard InChI is InChI=1S/C21H23N3O4/c1-4-26-16-11-9-15(10-12-16)22-19(25)13-27-18-8-6-5-7-17(18)21-23-20(14(2)3)24-28-21/h5-12,14H,4,13H2,1-3H3,(H,22,25). The molecule has 0 spiro atoms. The molecule has 0 bridgehead atoms. The van der Waals surface area contributed by atoms with E-state index in [1.807, 2.05) is 39.0 Å². The zero-order chi connectivity index (χ0) is 19.9. The van der Waals surface area contributed by atoms with Crippen molar-refractivity contribution in [1.29, 1.82) is 0 Å². The Hall–Kier alpha value is -3.35. The first kappa shape index (κ1) is 19.4. The fraction of sp³-hybridized carbons (Fsp3) is 0.286. The highest BCUT2D eigenvalue weighted by molar-refractivity contribution is 5.92. The molecular formula is C21H23N3O4. The molecule has 7 heteroatoms. The third-order valence-corrected chi connectivity index (χ3v) is 3.88. The van der Waals surface area contributed by atoms with Crippen LogP contribution in [0.2, 0.25) is 0 Å². The summed E-state index contributed by atoms with van der Waals surface area (Å²) < 4.78 is 16.4. The summed E-state index contributed by atoms with van der Waals surface area (Å²) in [6.45, 7) is 6.35. The van der Waals surface area contributed by atoms with Crippen LogP contribution in [-0.2, 0) is 4.79 Å². The van der Waals surface area contributed by atoms with Gasteiger partial charge in [-0.25, -0.2) is 0 Å². The maximum atomic E-state index is 12.2. The minimum absolute atomic E-state index is 0.143. The van der Waals surface area contributed by atoms with Gasteiger partial charge in [0.15, 0.2) is 12.4 Å². The van der Waals surface area contributed by atoms with Crippen molar-refractivity contribution in [1.82, 2.24) is 10.1 Å². The predicted octanol–water partition coefficient (Wildman–Crippen LogP) is 4.28. The molecule has 28 heavy (non-hydrogen) atoms. The fourth-order valence-corrected chi connectivity index (χ4v) is 2.49. The minimum atomic E-state index is -0.271. The quantitative estimate of drug-likeness (QED) is 0.627. The highest BCUT2D eigenvalue weighted by Crippen LogP contribution is 2.29. The molecule has 0 fully saturated rings. The number of hydrogen-bond acceptors (Lipinski definition) is 6. The SMILES string of the molecule is CCOc1ccc(NC(=O)COc2ccccc2-c2nc(C(C)C)no2)cc1. The monoisotopic (exact) mass is 381 g/mol. The van der Waals surface area contributed by atoms with Crippen LogP contribution in [0.4, 0.5) is 5.69 Å². The average Bonchev–Trinajstić information content (AvgIpc) is 3.19. The molecule has 2 aromatic carbocycles. The van der Waals surface area contributed by atoms with Crippen molar-refractivity contribution in [2.24, 2.45) is 0 Å². The second-order valence-corrected chi connectivity index (χ2v) is 6.40. The van der Waals surface area contributed by atoms with Gasteiger partial charge in [-0.1, -0.05) is 31.1 Å². The maximum absolute atomic E-state index is 12.2. The van der Waals surface area contributed by atoms with Gasteiger partial charge < -0.3 is 19.3 Å². The topological polar surface area (TPSA) is 86.5 Å². The zero-order valence-corrected chi connectivity index (χ0v) is 16.1. The Balaban J connectivity index is 1.63. The summed E-state index contributed by atoms with van der Waals surface area (Å²) in [4.78, 5) is 16.6. The summed E-state index contributed by atoms with van der Waals surface area (Å²) in [7, 11) is 0. The second kappa shape index (κ2) is 9.03. The number of rotatable bonds is 8. The average molecular weight is 381 g/mol. The van der Waals surface area contributed by atoms with Gasteiger partial charge in [-0.15, -0.1) is 0 Å². The second-order valence-electron chi connectivity index (χ2n) is 6.40. The van der Waals surface area contributed by atoms with Crippen LogP contribution in [-0.4, -0.2) is 29.3 Å². The summed E-state index contributed by atoms with van der Waals surface area (Å²) in [6.07, 6.45) is 0. The van der Waals surface area contributed by atoms with Crippen molar-refractivity contribution < 1.29 is 18.8 Å². The molecule has 0 aliphatic carbocycles. The van der Waals surface area contributed by atoms with Crippen molar-refractivity contribution in [3.8, 4) is 23.0 Å². The number of aromatic nitrogens is 2. The highest BCUT2D eigenvalue weighted by Gasteiger charge is 2.16. The van der Waals surface area contributed by atoms with Gasteiger partial charge in [-0.05, 0) is 43.3 Å². The first-order chi connectivity index (χ1) is 13.6. The number of nitrogens with zero attached hydrogens (tertiary/aromatic N) is 2. The van der Waals surface area contributed by atoms with Crippen molar-refractivity contribution in [3.63, 3.8) is 0 Å². The third kappa shape index (κ3) is 4.88. The Morgan fingerprint density at radius 2 is 1.86 bits per heavy atom. The lowest BCUT2D eigenvalue weighted by Gasteiger charge is -2.10. The molecule has 0 atom stereocenters. The van der Waals surface area contributed by atoms with Gasteiger partial charge in [-0.2, -0.15) is 4.98 Å². The van der Waals surface area contributed by atoms with E-state index in [0.29, 0.717) is 35.3 Å². The first-order valence-corrected chi connectivity index (χ1v) is 9.15. The number of benzene rings is 2. The molecule has 3 aromatic rings. The van der Waals surface area contributed by atoms with E-state index in [9.17, 15) is 4.79 Å². The van der Waals surface area contributed by atoms with Gasteiger partial charge in [0.2, 0.25) is 0 Å². The first-order valence-electron chi connectivity index (χ1n) is 9.15. The van der Waals surface area contributed by atoms with Crippen LogP contribution in [0.15, 0.2) is 53.1 Å². The number of hydrogen-bond donors (Lipinski definition) is 1. The molecule has 1 amide bonds. The Morgan fingerprint density at radius 3 is 2.54 bits per heavy atom. The Labute approximate surface area is 163 Å². The normalized spacial score (nSPS) is 10.7. The molecule has 0 radical (unpaired) electrons. The van der Waals surface area contributed by atoms with Crippen LogP contribution in [0.5, 0.6) is 11.5 Å². The summed E-state index contributed by atoms with van der Waals surface area (Å²) in [5.41, 5.74) is 1.32. The van der Waals surface area contributed by atoms with Crippen molar-refractivity contribution in [3.05, 3.63) is 54.4 Å². The molecule has 3 rings (SSSR count). The van der Waals surface area contributed by atoms with Gasteiger partial charge in [0.05, 0.1) is 12.2 Å². The molecule has 0 saturated carbocycles. The van der Waals surface area contributed by atoms with E-state index >= 15 is 0 Å². The highest BCUT2D eigenvalue weighted by atomic mass is 16.5. The predicted molar refractivity (Wildman–Crippen MR) is 106 cm³/mol. The van der Waals surface area contributed by atoms with E-state index in [2.05, 4.69) is 15.5 Å². The molecule has 1 heterocycles. The lowest BCUT2D eigenvalue weighted by molar-refractivity contribution is -0.118. The molecule has 0 aliphatic rings. The third-order valence-electron chi connectivity index (χ3n) is 3.88. The van der Waals surface area contributed by atoms with E-state index in [4.69, 9.17) is 14.0 Å². The number of ether oxygens (including phenoxy) is 2. The Bertz CT molecular complexity index is 919. The summed E-state index contributed by atoms with van der Waals surface area (Å²) in [6, 6.07) is 14.4. The van der Waals surface area contributed by atoms with E-state index in [1.54, 1.807) is 30.3 Å². The van der Waals surface area contributed by atoms with Crippen LogP contribution >= 0.6 is 0 Å². The van der Waals surface area contributed by atoms with E-state index < -0.39 is 0 Å². The molecule has 1 aromatic heterocycles. The number of anilines is 1. The van der Waals surface area contributed by atoms with Gasteiger partial charge in [0, 0.05) is 11.6 Å². The van der Waals surface area contributed by atoms with E-state index in [0.717, 1.165) is 5.75 Å². The summed E-state index contributed by atoms with van der Waals surface area (Å²) >= 11 is 0. The molecule has 146 valence electrons. The van der Waals surface area contributed by atoms with Crippen LogP contribution in [0.3, 0.4) is 0 Å². The van der Waals surface area contributed by atoms with Crippen molar-refractivity contribution in [2.45, 2.75) is 26.7 Å². The lowest BCUT2D eigenvalue weighted by atomic mass is 10.2. The molecular weight excluding hydrogens is 358 g/mol. The number of carbonyl (C=O) groups excluding carboxylic acids is 1. The molecule has 0 unspecified atom stereocenters. The Morgan fingerprint density at radius 1 is 1.11 bits per heavy atom. The largest absolute Gasteiger partial charge is 0.494 e. The fourth-order valence-electron chi connectivity index (χ4n) is 2.49. The lowest BCUT2D eigenvalue weighted by Crippen LogP contribution is -2.20. The molecule has 1 N–H and O–H groups in total. The van der Waals surface area contributed by atoms with Gasteiger partial charge in [-0.3, -0.25) is 4.79 Å². The van der Waals surface area contributed by atoms with E-state index in [-0.39, 0.29) is 18.4 Å². The molecule has 0 saturated heterocycles. The van der Waals surface area contributed by atoms with Gasteiger partial charge >= 0.3 is 0 Å². The van der Waals surface area contributed by atoms with Crippen molar-refractivity contribution >= 4 is 11.6 Å². The van der Waals surface area contributed by atoms with E-state index in [1.165, 1.54) is 0 Å².